The van der Waals surface area contributed by atoms with Gasteiger partial charge in [-0.3, -0.25) is 0 Å². The van der Waals surface area contributed by atoms with E-state index in [1.807, 2.05) is 6.07 Å². The highest BCUT2D eigenvalue weighted by Gasteiger charge is 2.24. The van der Waals surface area contributed by atoms with Gasteiger partial charge in [-0.05, 0) is 48.6 Å². The van der Waals surface area contributed by atoms with Crippen molar-refractivity contribution in [3.05, 3.63) is 33.6 Å². The van der Waals surface area contributed by atoms with Crippen LogP contribution in [0.4, 0.5) is 0 Å². The predicted octanol–water partition coefficient (Wildman–Crippen LogP) is 4.11. The van der Waals surface area contributed by atoms with Crippen molar-refractivity contribution < 1.29 is 0 Å². The predicted molar refractivity (Wildman–Crippen MR) is 89.0 cm³/mol. The molecule has 3 N–H and O–H groups in total. The molecule has 1 aromatic rings. The van der Waals surface area contributed by atoms with E-state index in [4.69, 9.17) is 23.2 Å². The van der Waals surface area contributed by atoms with Gasteiger partial charge in [0, 0.05) is 17.3 Å². The molecule has 0 bridgehead atoms. The zero-order chi connectivity index (χ0) is 15.6. The van der Waals surface area contributed by atoms with Crippen LogP contribution in [-0.2, 0) is 12.8 Å². The second-order valence-electron chi connectivity index (χ2n) is 7.12. The maximum Gasteiger partial charge on any atom is 0.112 e. The van der Waals surface area contributed by atoms with Crippen LogP contribution in [0.1, 0.15) is 50.4 Å². The first-order valence-electron chi connectivity index (χ1n) is 7.41. The lowest BCUT2D eigenvalue weighted by atomic mass is 9.76. The number of fused-ring (bicyclic) bond motifs is 1. The van der Waals surface area contributed by atoms with Crippen molar-refractivity contribution in [2.75, 3.05) is 0 Å². The van der Waals surface area contributed by atoms with Gasteiger partial charge in [-0.15, -0.1) is 0 Å². The largest absolute Gasteiger partial charge is 0.398 e. The van der Waals surface area contributed by atoms with E-state index >= 15 is 0 Å². The van der Waals surface area contributed by atoms with Crippen molar-refractivity contribution in [3.63, 3.8) is 0 Å². The van der Waals surface area contributed by atoms with Crippen molar-refractivity contribution in [2.45, 2.75) is 46.5 Å². The highest BCUT2D eigenvalue weighted by Crippen LogP contribution is 2.34. The summed E-state index contributed by atoms with van der Waals surface area (Å²) in [5.74, 6) is 0.705. The van der Waals surface area contributed by atoms with Gasteiger partial charge in [0.15, 0.2) is 0 Å². The first-order valence-corrected chi connectivity index (χ1v) is 7.81. The molecule has 0 radical (unpaired) electrons. The SMILES string of the molecule is CC(C)(C)CC1CCc2[nH]c(=S)c(/C(N)=C/C#N)cc2C1. The summed E-state index contributed by atoms with van der Waals surface area (Å²) in [7, 11) is 0. The van der Waals surface area contributed by atoms with Gasteiger partial charge in [0.25, 0.3) is 0 Å². The third-order valence-electron chi connectivity index (χ3n) is 3.96. The summed E-state index contributed by atoms with van der Waals surface area (Å²) in [6.45, 7) is 6.88. The standard InChI is InChI=1S/C17H23N3S/c1-17(2,3)10-11-4-5-15-12(8-11)9-13(16(21)20-15)14(19)6-7-18/h6,9,11H,4-5,8,10,19H2,1-3H3,(H,20,21)/b14-6-. The van der Waals surface area contributed by atoms with Gasteiger partial charge < -0.3 is 10.7 Å². The van der Waals surface area contributed by atoms with Crippen molar-refractivity contribution >= 4 is 17.9 Å². The molecule has 0 fully saturated rings. The van der Waals surface area contributed by atoms with E-state index in [9.17, 15) is 0 Å². The number of hydrogen-bond donors (Lipinski definition) is 2. The summed E-state index contributed by atoms with van der Waals surface area (Å²) in [6, 6.07) is 4.04. The van der Waals surface area contributed by atoms with E-state index in [0.717, 1.165) is 18.4 Å². The van der Waals surface area contributed by atoms with E-state index < -0.39 is 0 Å². The van der Waals surface area contributed by atoms with E-state index in [2.05, 4.69) is 31.8 Å². The van der Waals surface area contributed by atoms with Gasteiger partial charge in [0.2, 0.25) is 0 Å². The van der Waals surface area contributed by atoms with E-state index in [1.165, 1.54) is 30.2 Å². The topological polar surface area (TPSA) is 65.6 Å². The quantitative estimate of drug-likeness (QED) is 0.638. The number of rotatable bonds is 2. The van der Waals surface area contributed by atoms with Crippen LogP contribution in [0.5, 0.6) is 0 Å². The maximum atomic E-state index is 8.75. The summed E-state index contributed by atoms with van der Waals surface area (Å²) < 4.78 is 0.632. The average molecular weight is 301 g/mol. The molecule has 112 valence electrons. The highest BCUT2D eigenvalue weighted by molar-refractivity contribution is 7.71. The molecule has 0 saturated heterocycles. The minimum Gasteiger partial charge on any atom is -0.398 e. The van der Waals surface area contributed by atoms with Crippen LogP contribution in [0.3, 0.4) is 0 Å². The average Bonchev–Trinajstić information content (AvgIpc) is 2.36. The molecular weight excluding hydrogens is 278 g/mol. The number of nitrogens with two attached hydrogens (primary N) is 1. The lowest BCUT2D eigenvalue weighted by molar-refractivity contribution is 0.272. The maximum absolute atomic E-state index is 8.75. The van der Waals surface area contributed by atoms with Gasteiger partial charge in [0.1, 0.15) is 4.64 Å². The summed E-state index contributed by atoms with van der Waals surface area (Å²) >= 11 is 5.36. The van der Waals surface area contributed by atoms with Crippen LogP contribution in [-0.4, -0.2) is 4.98 Å². The third-order valence-corrected chi connectivity index (χ3v) is 4.28. The first-order chi connectivity index (χ1) is 9.80. The second-order valence-corrected chi connectivity index (χ2v) is 7.53. The molecule has 1 aliphatic carbocycles. The number of pyridine rings is 1. The zero-order valence-corrected chi connectivity index (χ0v) is 13.8. The number of nitrogens with zero attached hydrogens (tertiary/aromatic N) is 1. The first kappa shape index (κ1) is 15.8. The molecule has 1 unspecified atom stereocenters. The minimum atomic E-state index is 0.354. The van der Waals surface area contributed by atoms with E-state index in [1.54, 1.807) is 0 Å². The van der Waals surface area contributed by atoms with Gasteiger partial charge >= 0.3 is 0 Å². The smallest absolute Gasteiger partial charge is 0.112 e. The van der Waals surface area contributed by atoms with Crippen molar-refractivity contribution in [2.24, 2.45) is 17.1 Å². The Kier molecular flexibility index (Phi) is 4.53. The van der Waals surface area contributed by atoms with E-state index in [-0.39, 0.29) is 0 Å². The Morgan fingerprint density at radius 2 is 2.29 bits per heavy atom. The van der Waals surface area contributed by atoms with Crippen LogP contribution < -0.4 is 5.73 Å². The van der Waals surface area contributed by atoms with Crippen LogP contribution in [0.25, 0.3) is 5.70 Å². The second kappa shape index (κ2) is 6.03. The summed E-state index contributed by atoms with van der Waals surface area (Å²) in [5.41, 5.74) is 10.0. The molecule has 2 rings (SSSR count). The molecule has 0 saturated carbocycles. The van der Waals surface area contributed by atoms with Gasteiger partial charge in [-0.2, -0.15) is 5.26 Å². The number of nitrogens with one attached hydrogen (secondary N) is 1. The Bertz CT molecular complexity index is 656. The van der Waals surface area contributed by atoms with Gasteiger partial charge in [-0.1, -0.05) is 33.0 Å². The van der Waals surface area contributed by atoms with Crippen LogP contribution >= 0.6 is 12.2 Å². The molecule has 0 amide bonds. The molecule has 1 heterocycles. The Balaban J connectivity index is 2.31. The zero-order valence-electron chi connectivity index (χ0n) is 13.0. The number of aryl methyl sites for hydroxylation is 1. The van der Waals surface area contributed by atoms with Crippen molar-refractivity contribution in [1.82, 2.24) is 4.98 Å². The Labute approximate surface area is 131 Å². The molecule has 0 spiro atoms. The summed E-state index contributed by atoms with van der Waals surface area (Å²) in [5, 5.41) is 8.75. The van der Waals surface area contributed by atoms with Crippen LogP contribution in [0.15, 0.2) is 12.1 Å². The normalized spacial score (nSPS) is 19.0. The molecular formula is C17H23N3S. The molecule has 1 aliphatic rings. The fourth-order valence-corrected chi connectivity index (χ4v) is 3.48. The van der Waals surface area contributed by atoms with Gasteiger partial charge in [0.05, 0.1) is 11.8 Å². The number of aromatic amines is 1. The highest BCUT2D eigenvalue weighted by atomic mass is 32.1. The Hall–Kier alpha value is -1.60. The molecule has 0 aromatic carbocycles. The lowest BCUT2D eigenvalue weighted by Gasteiger charge is -2.30. The van der Waals surface area contributed by atoms with Crippen molar-refractivity contribution in [3.8, 4) is 6.07 Å². The van der Waals surface area contributed by atoms with E-state index in [0.29, 0.717) is 21.7 Å². The van der Waals surface area contributed by atoms with Crippen LogP contribution in [0.2, 0.25) is 0 Å². The molecule has 4 heteroatoms. The summed E-state index contributed by atoms with van der Waals surface area (Å²) in [4.78, 5) is 3.30. The third kappa shape index (κ3) is 3.95. The molecule has 1 aromatic heterocycles. The molecule has 21 heavy (non-hydrogen) atoms. The fourth-order valence-electron chi connectivity index (χ4n) is 3.18. The Morgan fingerprint density at radius 1 is 1.57 bits per heavy atom. The Morgan fingerprint density at radius 3 is 2.90 bits per heavy atom. The minimum absolute atomic E-state index is 0.354. The van der Waals surface area contributed by atoms with Gasteiger partial charge in [-0.25, -0.2) is 0 Å². The number of allylic oxidation sites excluding steroid dienone is 1. The number of H-pyrrole nitrogens is 1. The van der Waals surface area contributed by atoms with Crippen molar-refractivity contribution in [1.29, 1.82) is 5.26 Å². The number of aromatic nitrogens is 1. The molecule has 3 nitrogen and oxygen atoms in total. The monoisotopic (exact) mass is 301 g/mol. The number of nitriles is 1. The molecule has 1 atom stereocenters. The van der Waals surface area contributed by atoms with Crippen LogP contribution in [0, 0.1) is 27.3 Å². The fraction of sp³-hybridized carbons (Fsp3) is 0.529. The molecule has 0 aliphatic heterocycles. The summed E-state index contributed by atoms with van der Waals surface area (Å²) in [6.07, 6.45) is 5.88. The lowest BCUT2D eigenvalue weighted by Crippen LogP contribution is -2.21. The number of hydrogen-bond acceptors (Lipinski definition) is 3.